The zero-order chi connectivity index (χ0) is 16.2. The van der Waals surface area contributed by atoms with Crippen LogP contribution in [0.25, 0.3) is 0 Å². The van der Waals surface area contributed by atoms with Gasteiger partial charge in [0.1, 0.15) is 11.7 Å². The van der Waals surface area contributed by atoms with Gasteiger partial charge in [0.05, 0.1) is 6.04 Å². The fraction of sp³-hybridized carbons (Fsp3) is 0.667. The van der Waals surface area contributed by atoms with E-state index in [9.17, 15) is 9.59 Å². The van der Waals surface area contributed by atoms with E-state index in [1.807, 2.05) is 11.6 Å². The molecule has 1 amide bonds. The first kappa shape index (κ1) is 17.2. The molecule has 0 aliphatic rings. The molecule has 6 heteroatoms. The van der Waals surface area contributed by atoms with Crippen LogP contribution in [-0.4, -0.2) is 32.8 Å². The summed E-state index contributed by atoms with van der Waals surface area (Å²) >= 11 is 0. The van der Waals surface area contributed by atoms with Crippen LogP contribution in [0.5, 0.6) is 0 Å². The first-order valence-corrected chi connectivity index (χ1v) is 7.41. The molecule has 0 fully saturated rings. The van der Waals surface area contributed by atoms with Crippen molar-refractivity contribution in [1.29, 1.82) is 0 Å². The molecule has 0 aromatic carbocycles. The molecule has 0 spiro atoms. The Balaban J connectivity index is 2.93. The lowest BCUT2D eigenvalue weighted by Gasteiger charge is -2.17. The van der Waals surface area contributed by atoms with Crippen molar-refractivity contribution in [3.8, 4) is 0 Å². The molecule has 0 aliphatic heterocycles. The SMILES string of the molecule is CCC(CC)n1nc(C(=O)N[C@@H](C(=O)O)C(C)C)cc1C. The highest BCUT2D eigenvalue weighted by Gasteiger charge is 2.25. The van der Waals surface area contributed by atoms with E-state index in [0.29, 0.717) is 0 Å². The van der Waals surface area contributed by atoms with E-state index >= 15 is 0 Å². The molecule has 2 N–H and O–H groups in total. The molecule has 1 aromatic rings. The minimum atomic E-state index is -1.03. The number of hydrogen-bond acceptors (Lipinski definition) is 3. The summed E-state index contributed by atoms with van der Waals surface area (Å²) < 4.78 is 1.85. The molecule has 6 nitrogen and oxygen atoms in total. The average Bonchev–Trinajstić information content (AvgIpc) is 2.79. The monoisotopic (exact) mass is 295 g/mol. The van der Waals surface area contributed by atoms with E-state index in [0.717, 1.165) is 18.5 Å². The summed E-state index contributed by atoms with van der Waals surface area (Å²) in [5, 5.41) is 16.0. The number of rotatable bonds is 7. The molecular formula is C15H25N3O3. The summed E-state index contributed by atoms with van der Waals surface area (Å²) in [7, 11) is 0. The number of carboxylic acids is 1. The smallest absolute Gasteiger partial charge is 0.326 e. The van der Waals surface area contributed by atoms with E-state index in [-0.39, 0.29) is 17.7 Å². The van der Waals surface area contributed by atoms with Crippen molar-refractivity contribution in [2.45, 2.75) is 59.5 Å². The van der Waals surface area contributed by atoms with Gasteiger partial charge in [-0.3, -0.25) is 9.48 Å². The first-order chi connectivity index (χ1) is 9.81. The summed E-state index contributed by atoms with van der Waals surface area (Å²) in [5.74, 6) is -1.66. The van der Waals surface area contributed by atoms with Gasteiger partial charge in [-0.1, -0.05) is 27.7 Å². The number of hydrogen-bond donors (Lipinski definition) is 2. The molecule has 1 heterocycles. The second kappa shape index (κ2) is 7.24. The maximum atomic E-state index is 12.2. The van der Waals surface area contributed by atoms with E-state index in [1.165, 1.54) is 0 Å². The predicted molar refractivity (Wildman–Crippen MR) is 80.3 cm³/mol. The minimum absolute atomic E-state index is 0.186. The van der Waals surface area contributed by atoms with E-state index in [1.54, 1.807) is 19.9 Å². The Morgan fingerprint density at radius 1 is 1.33 bits per heavy atom. The van der Waals surface area contributed by atoms with Crippen molar-refractivity contribution in [1.82, 2.24) is 15.1 Å². The molecule has 0 aliphatic carbocycles. The molecule has 1 atom stereocenters. The molecule has 118 valence electrons. The number of aromatic nitrogens is 2. The average molecular weight is 295 g/mol. The lowest BCUT2D eigenvalue weighted by molar-refractivity contribution is -0.140. The molecule has 0 saturated carbocycles. The third kappa shape index (κ3) is 4.06. The molecule has 1 aromatic heterocycles. The van der Waals surface area contributed by atoms with Crippen LogP contribution in [0.4, 0.5) is 0 Å². The highest BCUT2D eigenvalue weighted by molar-refractivity contribution is 5.95. The lowest BCUT2D eigenvalue weighted by Crippen LogP contribution is -2.44. The molecule has 0 radical (unpaired) electrons. The Bertz CT molecular complexity index is 504. The number of amides is 1. The number of carboxylic acid groups (broad SMARTS) is 1. The van der Waals surface area contributed by atoms with Crippen molar-refractivity contribution in [3.63, 3.8) is 0 Å². The summed E-state index contributed by atoms with van der Waals surface area (Å²) in [6.45, 7) is 9.57. The fourth-order valence-electron chi connectivity index (χ4n) is 2.33. The molecule has 21 heavy (non-hydrogen) atoms. The Kier molecular flexibility index (Phi) is 5.93. The highest BCUT2D eigenvalue weighted by Crippen LogP contribution is 2.18. The summed E-state index contributed by atoms with van der Waals surface area (Å²) in [4.78, 5) is 23.3. The van der Waals surface area contributed by atoms with Crippen LogP contribution in [-0.2, 0) is 4.79 Å². The van der Waals surface area contributed by atoms with Gasteiger partial charge in [-0.2, -0.15) is 5.10 Å². The number of nitrogens with zero attached hydrogens (tertiary/aromatic N) is 2. The zero-order valence-electron chi connectivity index (χ0n) is 13.4. The Morgan fingerprint density at radius 3 is 2.33 bits per heavy atom. The Labute approximate surface area is 125 Å². The van der Waals surface area contributed by atoms with Gasteiger partial charge in [0, 0.05) is 5.69 Å². The summed E-state index contributed by atoms with van der Waals surface area (Å²) in [6, 6.07) is 1.05. The second-order valence-corrected chi connectivity index (χ2v) is 5.62. The fourth-order valence-corrected chi connectivity index (χ4v) is 2.33. The van der Waals surface area contributed by atoms with Gasteiger partial charge in [0.15, 0.2) is 0 Å². The van der Waals surface area contributed by atoms with Crippen LogP contribution >= 0.6 is 0 Å². The summed E-state index contributed by atoms with van der Waals surface area (Å²) in [5.41, 5.74) is 1.18. The van der Waals surface area contributed by atoms with Gasteiger partial charge < -0.3 is 10.4 Å². The summed E-state index contributed by atoms with van der Waals surface area (Å²) in [6.07, 6.45) is 1.87. The minimum Gasteiger partial charge on any atom is -0.480 e. The van der Waals surface area contributed by atoms with Crippen molar-refractivity contribution in [2.24, 2.45) is 5.92 Å². The Hall–Kier alpha value is -1.85. The maximum Gasteiger partial charge on any atom is 0.326 e. The van der Waals surface area contributed by atoms with Crippen LogP contribution < -0.4 is 5.32 Å². The number of aliphatic carboxylic acids is 1. The van der Waals surface area contributed by atoms with Gasteiger partial charge >= 0.3 is 5.97 Å². The topological polar surface area (TPSA) is 84.2 Å². The van der Waals surface area contributed by atoms with Crippen LogP contribution in [0.3, 0.4) is 0 Å². The molecule has 0 bridgehead atoms. The maximum absolute atomic E-state index is 12.2. The van der Waals surface area contributed by atoms with Crippen LogP contribution in [0.15, 0.2) is 6.07 Å². The van der Waals surface area contributed by atoms with Crippen LogP contribution in [0.1, 0.15) is 62.8 Å². The zero-order valence-corrected chi connectivity index (χ0v) is 13.4. The van der Waals surface area contributed by atoms with E-state index in [4.69, 9.17) is 5.11 Å². The predicted octanol–water partition coefficient (Wildman–Crippen LogP) is 2.39. The van der Waals surface area contributed by atoms with Crippen LogP contribution in [0, 0.1) is 12.8 Å². The van der Waals surface area contributed by atoms with Crippen molar-refractivity contribution in [2.75, 3.05) is 0 Å². The van der Waals surface area contributed by atoms with Gasteiger partial charge in [-0.25, -0.2) is 4.79 Å². The highest BCUT2D eigenvalue weighted by atomic mass is 16.4. The Morgan fingerprint density at radius 2 is 1.90 bits per heavy atom. The van der Waals surface area contributed by atoms with Crippen LogP contribution in [0.2, 0.25) is 0 Å². The first-order valence-electron chi connectivity index (χ1n) is 7.41. The number of nitrogens with one attached hydrogen (secondary N) is 1. The number of carbonyl (C=O) groups is 2. The third-order valence-corrected chi connectivity index (χ3v) is 3.66. The van der Waals surface area contributed by atoms with Gasteiger partial charge in [-0.05, 0) is 31.7 Å². The number of carbonyl (C=O) groups excluding carboxylic acids is 1. The standard InChI is InChI=1S/C15H25N3O3/c1-6-11(7-2)18-10(5)8-12(17-18)14(19)16-13(9(3)4)15(20)21/h8-9,11,13H,6-7H2,1-5H3,(H,16,19)(H,20,21)/t13-/m1/s1. The second-order valence-electron chi connectivity index (χ2n) is 5.62. The largest absolute Gasteiger partial charge is 0.480 e. The van der Waals surface area contributed by atoms with Crippen molar-refractivity contribution in [3.05, 3.63) is 17.5 Å². The van der Waals surface area contributed by atoms with Gasteiger partial charge in [0.25, 0.3) is 5.91 Å². The van der Waals surface area contributed by atoms with Crippen molar-refractivity contribution >= 4 is 11.9 Å². The lowest BCUT2D eigenvalue weighted by atomic mass is 10.0. The quantitative estimate of drug-likeness (QED) is 0.809. The molecule has 0 saturated heterocycles. The molecular weight excluding hydrogens is 270 g/mol. The number of aryl methyl sites for hydroxylation is 1. The molecule has 0 unspecified atom stereocenters. The normalized spacial score (nSPS) is 12.7. The van der Waals surface area contributed by atoms with E-state index < -0.39 is 17.9 Å². The molecule has 1 rings (SSSR count). The van der Waals surface area contributed by atoms with Crippen molar-refractivity contribution < 1.29 is 14.7 Å². The van der Waals surface area contributed by atoms with E-state index in [2.05, 4.69) is 24.3 Å². The van der Waals surface area contributed by atoms with Gasteiger partial charge in [-0.15, -0.1) is 0 Å². The third-order valence-electron chi connectivity index (χ3n) is 3.66. The van der Waals surface area contributed by atoms with Gasteiger partial charge in [0.2, 0.25) is 0 Å².